The topological polar surface area (TPSA) is 119 Å². The van der Waals surface area contributed by atoms with Gasteiger partial charge in [-0.3, -0.25) is 9.52 Å². The van der Waals surface area contributed by atoms with Crippen molar-refractivity contribution >= 4 is 37.1 Å². The van der Waals surface area contributed by atoms with Gasteiger partial charge in [-0.05, 0) is 24.3 Å². The number of hydrogen-bond acceptors (Lipinski definition) is 6. The van der Waals surface area contributed by atoms with Gasteiger partial charge >= 0.3 is 0 Å². The Morgan fingerprint density at radius 1 is 1.00 bits per heavy atom. The second-order valence-corrected chi connectivity index (χ2v) is 9.06. The third-order valence-corrected chi connectivity index (χ3v) is 6.03. The highest BCUT2D eigenvalue weighted by atomic mass is 32.2. The molecule has 0 radical (unpaired) electrons. The number of carbonyl (C=O) groups excluding carboxylic acids is 1. The molecular formula is C16H18N2O6S2. The number of sulfone groups is 1. The molecular weight excluding hydrogens is 380 g/mol. The van der Waals surface area contributed by atoms with Crippen molar-refractivity contribution in [3.05, 3.63) is 42.5 Å². The molecule has 0 saturated carbocycles. The van der Waals surface area contributed by atoms with Crippen LogP contribution in [0.3, 0.4) is 0 Å². The Hall–Kier alpha value is -2.59. The van der Waals surface area contributed by atoms with Gasteiger partial charge in [-0.15, -0.1) is 0 Å². The van der Waals surface area contributed by atoms with Crippen molar-refractivity contribution < 1.29 is 26.4 Å². The quantitative estimate of drug-likeness (QED) is 0.767. The minimum absolute atomic E-state index is 0.152. The van der Waals surface area contributed by atoms with Gasteiger partial charge in [-0.25, -0.2) is 16.8 Å². The fourth-order valence-corrected chi connectivity index (χ4v) is 4.92. The molecule has 0 aliphatic carbocycles. The van der Waals surface area contributed by atoms with E-state index in [1.807, 2.05) is 0 Å². The standard InChI is InChI=1S/C16H18N2O6S2/c1-11(19)17-13-9-8-12(10-14(13)24-2)18-26(22,23)16-7-5-4-6-15(16)25(3,20)21/h4-10,18H,1-3H3,(H,17,19). The maximum absolute atomic E-state index is 12.6. The van der Waals surface area contributed by atoms with Crippen molar-refractivity contribution in [1.82, 2.24) is 0 Å². The molecule has 1 amide bonds. The Bertz CT molecular complexity index is 1050. The Kier molecular flexibility index (Phi) is 5.57. The summed E-state index contributed by atoms with van der Waals surface area (Å²) in [6.07, 6.45) is 0.937. The molecule has 0 heterocycles. The van der Waals surface area contributed by atoms with E-state index in [2.05, 4.69) is 10.0 Å². The summed E-state index contributed by atoms with van der Waals surface area (Å²) >= 11 is 0. The number of nitrogens with one attached hydrogen (secondary N) is 2. The number of carbonyl (C=O) groups is 1. The third kappa shape index (κ3) is 4.52. The summed E-state index contributed by atoms with van der Waals surface area (Å²) in [7, 11) is -6.52. The molecule has 2 N–H and O–H groups in total. The van der Waals surface area contributed by atoms with E-state index in [4.69, 9.17) is 4.74 Å². The normalized spacial score (nSPS) is 11.7. The van der Waals surface area contributed by atoms with Gasteiger partial charge in [-0.1, -0.05) is 12.1 Å². The van der Waals surface area contributed by atoms with Crippen LogP contribution in [-0.4, -0.2) is 36.1 Å². The van der Waals surface area contributed by atoms with E-state index in [0.717, 1.165) is 6.26 Å². The second kappa shape index (κ2) is 7.34. The van der Waals surface area contributed by atoms with Crippen LogP contribution in [-0.2, 0) is 24.7 Å². The van der Waals surface area contributed by atoms with E-state index >= 15 is 0 Å². The summed E-state index contributed by atoms with van der Waals surface area (Å²) in [5, 5.41) is 2.55. The van der Waals surface area contributed by atoms with Crippen molar-refractivity contribution in [2.45, 2.75) is 16.7 Å². The van der Waals surface area contributed by atoms with E-state index in [-0.39, 0.29) is 27.1 Å². The molecule has 0 aliphatic rings. The second-order valence-electron chi connectivity index (χ2n) is 5.42. The van der Waals surface area contributed by atoms with Gasteiger partial charge in [0.05, 0.1) is 23.4 Å². The van der Waals surface area contributed by atoms with Crippen LogP contribution >= 0.6 is 0 Å². The highest BCUT2D eigenvalue weighted by molar-refractivity contribution is 7.95. The first-order valence-corrected chi connectivity index (χ1v) is 10.7. The molecule has 0 fully saturated rings. The highest BCUT2D eigenvalue weighted by Gasteiger charge is 2.23. The van der Waals surface area contributed by atoms with Crippen molar-refractivity contribution in [2.24, 2.45) is 0 Å². The lowest BCUT2D eigenvalue weighted by Gasteiger charge is -2.14. The average molecular weight is 398 g/mol. The Morgan fingerprint density at radius 3 is 2.15 bits per heavy atom. The van der Waals surface area contributed by atoms with Crippen molar-refractivity contribution in [3.8, 4) is 5.75 Å². The number of benzene rings is 2. The largest absolute Gasteiger partial charge is 0.494 e. The minimum Gasteiger partial charge on any atom is -0.494 e. The molecule has 2 aromatic rings. The van der Waals surface area contributed by atoms with Crippen molar-refractivity contribution in [3.63, 3.8) is 0 Å². The predicted octanol–water partition coefficient (Wildman–Crippen LogP) is 1.86. The first kappa shape index (κ1) is 19.7. The summed E-state index contributed by atoms with van der Waals surface area (Å²) in [6, 6.07) is 9.59. The molecule has 10 heteroatoms. The molecule has 0 spiro atoms. The molecule has 0 saturated heterocycles. The lowest BCUT2D eigenvalue weighted by Crippen LogP contribution is -2.16. The SMILES string of the molecule is COc1cc(NS(=O)(=O)c2ccccc2S(C)(=O)=O)ccc1NC(C)=O. The van der Waals surface area contributed by atoms with E-state index in [1.165, 1.54) is 56.5 Å². The van der Waals surface area contributed by atoms with Crippen LogP contribution < -0.4 is 14.8 Å². The number of methoxy groups -OCH3 is 1. The predicted molar refractivity (Wildman–Crippen MR) is 97.7 cm³/mol. The van der Waals surface area contributed by atoms with Crippen LogP contribution in [0, 0.1) is 0 Å². The number of ether oxygens (including phenoxy) is 1. The molecule has 0 bridgehead atoms. The number of rotatable bonds is 6. The van der Waals surface area contributed by atoms with Gasteiger partial charge in [0.25, 0.3) is 10.0 Å². The first-order chi connectivity index (χ1) is 12.0. The fraction of sp³-hybridized carbons (Fsp3) is 0.188. The van der Waals surface area contributed by atoms with Gasteiger partial charge in [-0.2, -0.15) is 0 Å². The van der Waals surface area contributed by atoms with Gasteiger partial charge in [0.2, 0.25) is 5.91 Å². The van der Waals surface area contributed by atoms with Crippen LogP contribution in [0.5, 0.6) is 5.75 Å². The molecule has 26 heavy (non-hydrogen) atoms. The first-order valence-electron chi connectivity index (χ1n) is 7.32. The zero-order valence-corrected chi connectivity index (χ0v) is 15.9. The van der Waals surface area contributed by atoms with Crippen molar-refractivity contribution in [2.75, 3.05) is 23.4 Å². The molecule has 140 valence electrons. The molecule has 8 nitrogen and oxygen atoms in total. The fourth-order valence-electron chi connectivity index (χ4n) is 2.24. The lowest BCUT2D eigenvalue weighted by molar-refractivity contribution is -0.114. The molecule has 0 unspecified atom stereocenters. The highest BCUT2D eigenvalue weighted by Crippen LogP contribution is 2.30. The summed E-state index contributed by atoms with van der Waals surface area (Å²) in [5.74, 6) is -0.0597. The van der Waals surface area contributed by atoms with Gasteiger partial charge in [0, 0.05) is 19.2 Å². The maximum atomic E-state index is 12.6. The zero-order valence-electron chi connectivity index (χ0n) is 14.3. The number of amides is 1. The summed E-state index contributed by atoms with van der Waals surface area (Å²) in [4.78, 5) is 10.5. The average Bonchev–Trinajstić information content (AvgIpc) is 2.54. The van der Waals surface area contributed by atoms with Crippen LogP contribution in [0.15, 0.2) is 52.3 Å². The Labute approximate surface area is 152 Å². The third-order valence-electron chi connectivity index (χ3n) is 3.30. The Morgan fingerprint density at radius 2 is 1.62 bits per heavy atom. The molecule has 0 aliphatic heterocycles. The Balaban J connectivity index is 2.44. The lowest BCUT2D eigenvalue weighted by atomic mass is 10.2. The summed E-state index contributed by atoms with van der Waals surface area (Å²) in [5.41, 5.74) is 0.527. The number of hydrogen-bond donors (Lipinski definition) is 2. The summed E-state index contributed by atoms with van der Waals surface area (Å²) in [6.45, 7) is 1.33. The van der Waals surface area contributed by atoms with Gasteiger partial charge in [0.1, 0.15) is 10.6 Å². The zero-order chi connectivity index (χ0) is 19.5. The molecule has 0 atom stereocenters. The maximum Gasteiger partial charge on any atom is 0.263 e. The van der Waals surface area contributed by atoms with Gasteiger partial charge < -0.3 is 10.1 Å². The summed E-state index contributed by atoms with van der Waals surface area (Å²) < 4.78 is 56.4. The van der Waals surface area contributed by atoms with Crippen LogP contribution in [0.25, 0.3) is 0 Å². The van der Waals surface area contributed by atoms with Crippen LogP contribution in [0.2, 0.25) is 0 Å². The minimum atomic E-state index is -4.16. The molecule has 0 aromatic heterocycles. The van der Waals surface area contributed by atoms with Crippen molar-refractivity contribution in [1.29, 1.82) is 0 Å². The van der Waals surface area contributed by atoms with E-state index in [0.29, 0.717) is 5.69 Å². The number of sulfonamides is 1. The number of anilines is 2. The smallest absolute Gasteiger partial charge is 0.263 e. The van der Waals surface area contributed by atoms with Gasteiger partial charge in [0.15, 0.2) is 9.84 Å². The molecule has 2 aromatic carbocycles. The monoisotopic (exact) mass is 398 g/mol. The van der Waals surface area contributed by atoms with Crippen LogP contribution in [0.4, 0.5) is 11.4 Å². The van der Waals surface area contributed by atoms with E-state index in [1.54, 1.807) is 0 Å². The van der Waals surface area contributed by atoms with Crippen LogP contribution in [0.1, 0.15) is 6.92 Å². The van der Waals surface area contributed by atoms with E-state index < -0.39 is 19.9 Å². The van der Waals surface area contributed by atoms with E-state index in [9.17, 15) is 21.6 Å². The molecule has 2 rings (SSSR count).